The highest BCUT2D eigenvalue weighted by atomic mass is 32.2. The summed E-state index contributed by atoms with van der Waals surface area (Å²) in [6.07, 6.45) is 2.95. The number of pyridine rings is 1. The Kier molecular flexibility index (Phi) is 6.64. The van der Waals surface area contributed by atoms with Crippen LogP contribution in [-0.4, -0.2) is 41.7 Å². The second-order valence-corrected chi connectivity index (χ2v) is 11.7. The van der Waals surface area contributed by atoms with Crippen LogP contribution in [0.2, 0.25) is 0 Å². The van der Waals surface area contributed by atoms with Crippen molar-refractivity contribution < 1.29 is 13.2 Å². The van der Waals surface area contributed by atoms with E-state index in [1.54, 1.807) is 35.4 Å². The van der Waals surface area contributed by atoms with Crippen molar-refractivity contribution >= 4 is 42.6 Å². The van der Waals surface area contributed by atoms with E-state index in [4.69, 9.17) is 4.98 Å². The lowest BCUT2D eigenvalue weighted by Gasteiger charge is -2.33. The van der Waals surface area contributed by atoms with Crippen molar-refractivity contribution in [2.75, 3.05) is 18.0 Å². The lowest BCUT2D eigenvalue weighted by molar-refractivity contribution is -0.123. The first kappa shape index (κ1) is 23.6. The van der Waals surface area contributed by atoms with Gasteiger partial charge in [0.1, 0.15) is 0 Å². The van der Waals surface area contributed by atoms with Gasteiger partial charge in [-0.3, -0.25) is 14.7 Å². The van der Waals surface area contributed by atoms with Gasteiger partial charge in [0.25, 0.3) is 0 Å². The fourth-order valence-corrected chi connectivity index (χ4v) is 6.81. The number of thiazole rings is 1. The van der Waals surface area contributed by atoms with Crippen LogP contribution in [0.3, 0.4) is 0 Å². The summed E-state index contributed by atoms with van der Waals surface area (Å²) in [6, 6.07) is 20.2. The largest absolute Gasteiger partial charge is 0.282 e. The molecule has 5 rings (SSSR count). The van der Waals surface area contributed by atoms with Gasteiger partial charge in [-0.25, -0.2) is 13.4 Å². The Morgan fingerprint density at radius 1 is 1.09 bits per heavy atom. The van der Waals surface area contributed by atoms with E-state index in [-0.39, 0.29) is 23.9 Å². The molecule has 2 aromatic carbocycles. The van der Waals surface area contributed by atoms with Crippen molar-refractivity contribution in [2.24, 2.45) is 5.92 Å². The molecular formula is C26H26N4O3S2. The number of carbonyl (C=O) groups excluding carboxylic acids is 1. The van der Waals surface area contributed by atoms with Gasteiger partial charge in [-0.2, -0.15) is 4.31 Å². The van der Waals surface area contributed by atoms with Gasteiger partial charge in [0.05, 0.1) is 33.3 Å². The van der Waals surface area contributed by atoms with Crippen LogP contribution in [0, 0.1) is 12.8 Å². The first-order chi connectivity index (χ1) is 16.9. The summed E-state index contributed by atoms with van der Waals surface area (Å²) in [6.45, 7) is 2.75. The Bertz CT molecular complexity index is 1400. The van der Waals surface area contributed by atoms with E-state index < -0.39 is 15.9 Å². The van der Waals surface area contributed by atoms with E-state index >= 15 is 0 Å². The Balaban J connectivity index is 1.43. The number of aromatic nitrogens is 2. The Hall–Kier alpha value is -3.14. The predicted molar refractivity (Wildman–Crippen MR) is 138 cm³/mol. The molecule has 0 spiro atoms. The first-order valence-electron chi connectivity index (χ1n) is 11.6. The molecule has 1 aliphatic rings. The average molecular weight is 507 g/mol. The normalized spacial score (nSPS) is 16.9. The maximum Gasteiger partial charge on any atom is 0.243 e. The van der Waals surface area contributed by atoms with Gasteiger partial charge in [-0.15, -0.1) is 0 Å². The molecule has 1 atom stereocenters. The minimum atomic E-state index is -3.68. The van der Waals surface area contributed by atoms with E-state index in [0.29, 0.717) is 24.5 Å². The zero-order valence-electron chi connectivity index (χ0n) is 19.4. The molecule has 0 N–H and O–H groups in total. The number of fused-ring (bicyclic) bond motifs is 1. The fraction of sp³-hybridized carbons (Fsp3) is 0.269. The molecule has 35 heavy (non-hydrogen) atoms. The van der Waals surface area contributed by atoms with Crippen LogP contribution < -0.4 is 4.90 Å². The van der Waals surface area contributed by atoms with Crippen molar-refractivity contribution in [2.45, 2.75) is 31.2 Å². The quantitative estimate of drug-likeness (QED) is 0.381. The van der Waals surface area contributed by atoms with Gasteiger partial charge in [-0.05, 0) is 56.2 Å². The van der Waals surface area contributed by atoms with Gasteiger partial charge in [0, 0.05) is 19.3 Å². The van der Waals surface area contributed by atoms with E-state index in [1.807, 2.05) is 49.4 Å². The van der Waals surface area contributed by atoms with Crippen LogP contribution in [0.4, 0.5) is 5.13 Å². The third-order valence-electron chi connectivity index (χ3n) is 6.22. The number of piperidine rings is 1. The first-order valence-corrected chi connectivity index (χ1v) is 13.8. The molecule has 0 aliphatic carbocycles. The van der Waals surface area contributed by atoms with Crippen molar-refractivity contribution in [1.29, 1.82) is 0 Å². The molecule has 2 aromatic heterocycles. The van der Waals surface area contributed by atoms with Crippen LogP contribution in [0.25, 0.3) is 10.2 Å². The molecule has 4 aromatic rings. The molecule has 1 fully saturated rings. The van der Waals surface area contributed by atoms with Crippen LogP contribution in [0.5, 0.6) is 0 Å². The van der Waals surface area contributed by atoms with Gasteiger partial charge in [0.2, 0.25) is 15.9 Å². The smallest absolute Gasteiger partial charge is 0.243 e. The molecule has 1 amide bonds. The highest BCUT2D eigenvalue weighted by Crippen LogP contribution is 2.32. The highest BCUT2D eigenvalue weighted by Gasteiger charge is 2.36. The van der Waals surface area contributed by atoms with E-state index in [0.717, 1.165) is 21.5 Å². The van der Waals surface area contributed by atoms with Crippen LogP contribution >= 0.6 is 11.3 Å². The second-order valence-electron chi connectivity index (χ2n) is 8.72. The number of anilines is 1. The van der Waals surface area contributed by atoms with Gasteiger partial charge in [-0.1, -0.05) is 47.2 Å². The fourth-order valence-electron chi connectivity index (χ4n) is 4.31. The maximum absolute atomic E-state index is 13.9. The second kappa shape index (κ2) is 9.85. The number of hydrogen-bond acceptors (Lipinski definition) is 6. The Labute approximate surface area is 209 Å². The summed E-state index contributed by atoms with van der Waals surface area (Å²) in [5.41, 5.74) is 2.58. The number of sulfonamides is 1. The standard InChI is InChI=1S/C26H26N4O3S2/c1-19-11-13-22(14-12-19)35(32,33)29-16-6-7-20(17-29)25(31)30(18-21-8-4-5-15-27-21)26-28-23-9-2-3-10-24(23)34-26/h2-5,8-15,20H,6-7,16-18H2,1H3. The summed E-state index contributed by atoms with van der Waals surface area (Å²) in [7, 11) is -3.68. The summed E-state index contributed by atoms with van der Waals surface area (Å²) in [5, 5.41) is 0.598. The zero-order chi connectivity index (χ0) is 24.4. The van der Waals surface area contributed by atoms with Crippen molar-refractivity contribution in [1.82, 2.24) is 14.3 Å². The number of carbonyl (C=O) groups is 1. The molecular weight excluding hydrogens is 480 g/mol. The van der Waals surface area contributed by atoms with E-state index in [9.17, 15) is 13.2 Å². The minimum absolute atomic E-state index is 0.126. The summed E-state index contributed by atoms with van der Waals surface area (Å²) < 4.78 is 29.0. The molecule has 0 radical (unpaired) electrons. The third kappa shape index (κ3) is 4.98. The highest BCUT2D eigenvalue weighted by molar-refractivity contribution is 7.89. The summed E-state index contributed by atoms with van der Waals surface area (Å²) in [5.74, 6) is -0.585. The predicted octanol–water partition coefficient (Wildman–Crippen LogP) is 4.63. The number of nitrogens with zero attached hydrogens (tertiary/aromatic N) is 4. The van der Waals surface area contributed by atoms with Crippen molar-refractivity contribution in [3.05, 3.63) is 84.2 Å². The molecule has 1 saturated heterocycles. The maximum atomic E-state index is 13.9. The number of hydrogen-bond donors (Lipinski definition) is 0. The van der Waals surface area contributed by atoms with Gasteiger partial charge in [0.15, 0.2) is 5.13 Å². The lowest BCUT2D eigenvalue weighted by Crippen LogP contribution is -2.46. The Morgan fingerprint density at radius 2 is 1.86 bits per heavy atom. The number of para-hydroxylation sites is 1. The minimum Gasteiger partial charge on any atom is -0.282 e. The van der Waals surface area contributed by atoms with E-state index in [2.05, 4.69) is 4.98 Å². The van der Waals surface area contributed by atoms with Crippen molar-refractivity contribution in [3.63, 3.8) is 0 Å². The van der Waals surface area contributed by atoms with Crippen LogP contribution in [0.1, 0.15) is 24.1 Å². The number of benzene rings is 2. The van der Waals surface area contributed by atoms with Crippen molar-refractivity contribution in [3.8, 4) is 0 Å². The number of aryl methyl sites for hydroxylation is 1. The molecule has 180 valence electrons. The molecule has 7 nitrogen and oxygen atoms in total. The molecule has 1 aliphatic heterocycles. The summed E-state index contributed by atoms with van der Waals surface area (Å²) >= 11 is 1.46. The average Bonchev–Trinajstić information content (AvgIpc) is 3.32. The van der Waals surface area contributed by atoms with Gasteiger partial charge >= 0.3 is 0 Å². The molecule has 0 saturated carbocycles. The SMILES string of the molecule is Cc1ccc(S(=O)(=O)N2CCCC(C(=O)N(Cc3ccccn3)c3nc4ccccc4s3)C2)cc1. The zero-order valence-corrected chi connectivity index (χ0v) is 21.0. The number of amides is 1. The lowest BCUT2D eigenvalue weighted by atomic mass is 9.98. The molecule has 0 bridgehead atoms. The molecule has 1 unspecified atom stereocenters. The monoisotopic (exact) mass is 506 g/mol. The molecule has 9 heteroatoms. The number of rotatable bonds is 6. The van der Waals surface area contributed by atoms with Gasteiger partial charge < -0.3 is 0 Å². The molecule has 3 heterocycles. The third-order valence-corrected chi connectivity index (χ3v) is 9.16. The van der Waals surface area contributed by atoms with Crippen LogP contribution in [0.15, 0.2) is 77.8 Å². The summed E-state index contributed by atoms with van der Waals surface area (Å²) in [4.78, 5) is 24.9. The van der Waals surface area contributed by atoms with E-state index in [1.165, 1.54) is 15.6 Å². The topological polar surface area (TPSA) is 83.5 Å². The Morgan fingerprint density at radius 3 is 2.60 bits per heavy atom. The van der Waals surface area contributed by atoms with Crippen LogP contribution in [-0.2, 0) is 21.4 Å².